The topological polar surface area (TPSA) is 0 Å². The fraction of sp³-hybridized carbons (Fsp3) is 0.895. The lowest BCUT2D eigenvalue weighted by Crippen LogP contribution is -2.32. The summed E-state index contributed by atoms with van der Waals surface area (Å²) >= 11 is 0. The minimum absolute atomic E-state index is 0.433. The first-order valence-electron chi connectivity index (χ1n) is 8.47. The van der Waals surface area contributed by atoms with Gasteiger partial charge in [-0.15, -0.1) is 0 Å². The maximum atomic E-state index is 2.47. The molecule has 0 amide bonds. The Balaban J connectivity index is 0.00000154. The molecule has 2 atom stereocenters. The summed E-state index contributed by atoms with van der Waals surface area (Å²) in [5.41, 5.74) is 4.37. The van der Waals surface area contributed by atoms with Gasteiger partial charge in [-0.05, 0) is 49.4 Å². The first-order chi connectivity index (χ1) is 8.77. The average Bonchev–Trinajstić information content (AvgIpc) is 2.41. The molecule has 0 aromatic rings. The molecule has 0 aromatic carbocycles. The molecule has 0 heteroatoms. The quantitative estimate of drug-likeness (QED) is 0.480. The lowest BCUT2D eigenvalue weighted by Gasteiger charge is -2.45. The lowest BCUT2D eigenvalue weighted by molar-refractivity contribution is 0.225. The smallest absolute Gasteiger partial charge is 0.0119 e. The number of allylic oxidation sites excluding steroid dienone is 2. The van der Waals surface area contributed by atoms with Gasteiger partial charge in [0.15, 0.2) is 0 Å². The first kappa shape index (κ1) is 18.7. The third-order valence-corrected chi connectivity index (χ3v) is 5.51. The summed E-state index contributed by atoms with van der Waals surface area (Å²) in [6.07, 6.45) is 6.63. The molecule has 0 radical (unpaired) electrons. The van der Waals surface area contributed by atoms with E-state index in [1.54, 1.807) is 11.1 Å². The fourth-order valence-electron chi connectivity index (χ4n) is 3.16. The van der Waals surface area contributed by atoms with E-state index in [1.165, 1.54) is 32.1 Å². The van der Waals surface area contributed by atoms with E-state index >= 15 is 0 Å². The van der Waals surface area contributed by atoms with Crippen LogP contribution in [0.1, 0.15) is 94.4 Å². The highest BCUT2D eigenvalue weighted by Crippen LogP contribution is 2.52. The van der Waals surface area contributed by atoms with Crippen LogP contribution >= 0.6 is 0 Å². The molecule has 0 heterocycles. The van der Waals surface area contributed by atoms with Crippen molar-refractivity contribution in [1.82, 2.24) is 0 Å². The third kappa shape index (κ3) is 4.36. The molecule has 1 aliphatic rings. The summed E-state index contributed by atoms with van der Waals surface area (Å²) in [5.74, 6) is 0.832. The van der Waals surface area contributed by atoms with E-state index in [0.717, 1.165) is 5.92 Å². The van der Waals surface area contributed by atoms with E-state index in [0.29, 0.717) is 10.8 Å². The lowest BCUT2D eigenvalue weighted by atomic mass is 9.60. The molecule has 0 spiro atoms. The molecule has 2 unspecified atom stereocenters. The van der Waals surface area contributed by atoms with Crippen molar-refractivity contribution in [1.29, 1.82) is 0 Å². The Morgan fingerprint density at radius 3 is 2.00 bits per heavy atom. The van der Waals surface area contributed by atoms with Gasteiger partial charge in [0.1, 0.15) is 0 Å². The van der Waals surface area contributed by atoms with E-state index in [9.17, 15) is 0 Å². The second-order valence-electron chi connectivity index (χ2n) is 7.12. The largest absolute Gasteiger partial charge is 0.0683 e. The summed E-state index contributed by atoms with van der Waals surface area (Å²) in [5, 5.41) is 0. The van der Waals surface area contributed by atoms with Crippen LogP contribution in [0.5, 0.6) is 0 Å². The van der Waals surface area contributed by atoms with Gasteiger partial charge in [0.2, 0.25) is 0 Å². The van der Waals surface area contributed by atoms with Crippen molar-refractivity contribution in [2.45, 2.75) is 94.4 Å². The van der Waals surface area contributed by atoms with Crippen LogP contribution in [0.3, 0.4) is 0 Å². The molecule has 0 N–H and O–H groups in total. The highest BCUT2D eigenvalue weighted by molar-refractivity contribution is 5.28. The van der Waals surface area contributed by atoms with Gasteiger partial charge in [0.05, 0.1) is 0 Å². The van der Waals surface area contributed by atoms with Gasteiger partial charge in [-0.1, -0.05) is 73.0 Å². The van der Waals surface area contributed by atoms with Crippen LogP contribution in [0.2, 0.25) is 0 Å². The van der Waals surface area contributed by atoms with Gasteiger partial charge in [-0.25, -0.2) is 0 Å². The molecule has 0 aromatic heterocycles. The molecule has 1 aliphatic carbocycles. The molecule has 0 aliphatic heterocycles. The van der Waals surface area contributed by atoms with Gasteiger partial charge >= 0.3 is 0 Å². The second-order valence-corrected chi connectivity index (χ2v) is 7.12. The van der Waals surface area contributed by atoms with Crippen LogP contribution in [0.15, 0.2) is 11.1 Å². The number of rotatable bonds is 4. The van der Waals surface area contributed by atoms with E-state index in [-0.39, 0.29) is 0 Å². The second kappa shape index (κ2) is 7.50. The Hall–Kier alpha value is -0.260. The zero-order valence-corrected chi connectivity index (χ0v) is 15.1. The summed E-state index contributed by atoms with van der Waals surface area (Å²) < 4.78 is 0. The van der Waals surface area contributed by atoms with Crippen molar-refractivity contribution >= 4 is 0 Å². The standard InChI is InChI=1S/C17H32.C2H6/c1-8-13(3)12-15-14(4)17(7,9-2)11-10-16(15,5)6;1-2/h13H,8-12H2,1-7H3;1-2H3. The van der Waals surface area contributed by atoms with Crippen molar-refractivity contribution in [3.63, 3.8) is 0 Å². The maximum Gasteiger partial charge on any atom is -0.0119 e. The maximum absolute atomic E-state index is 2.47. The van der Waals surface area contributed by atoms with Crippen LogP contribution in [-0.2, 0) is 0 Å². The van der Waals surface area contributed by atoms with E-state index in [4.69, 9.17) is 0 Å². The Kier molecular flexibility index (Phi) is 7.40. The first-order valence-corrected chi connectivity index (χ1v) is 8.47. The van der Waals surface area contributed by atoms with Crippen LogP contribution < -0.4 is 0 Å². The molecular weight excluding hydrogens is 228 g/mol. The Morgan fingerprint density at radius 2 is 1.58 bits per heavy atom. The molecule has 19 heavy (non-hydrogen) atoms. The van der Waals surface area contributed by atoms with Gasteiger partial charge < -0.3 is 0 Å². The SMILES string of the molecule is CC.CCC(C)CC1=C(C)C(C)(CC)CCC1(C)C. The van der Waals surface area contributed by atoms with Gasteiger partial charge in [0.25, 0.3) is 0 Å². The minimum atomic E-state index is 0.433. The van der Waals surface area contributed by atoms with Crippen molar-refractivity contribution in [2.24, 2.45) is 16.7 Å². The summed E-state index contributed by atoms with van der Waals surface area (Å²) in [7, 11) is 0. The summed E-state index contributed by atoms with van der Waals surface area (Å²) in [6.45, 7) is 20.8. The van der Waals surface area contributed by atoms with Crippen LogP contribution in [0.4, 0.5) is 0 Å². The van der Waals surface area contributed by atoms with Crippen LogP contribution in [0, 0.1) is 16.7 Å². The van der Waals surface area contributed by atoms with Crippen molar-refractivity contribution in [2.75, 3.05) is 0 Å². The summed E-state index contributed by atoms with van der Waals surface area (Å²) in [4.78, 5) is 0. The molecule has 0 saturated carbocycles. The minimum Gasteiger partial charge on any atom is -0.0683 e. The zero-order valence-electron chi connectivity index (χ0n) is 15.1. The average molecular weight is 267 g/mol. The van der Waals surface area contributed by atoms with E-state index in [1.807, 2.05) is 13.8 Å². The van der Waals surface area contributed by atoms with E-state index in [2.05, 4.69) is 48.5 Å². The fourth-order valence-corrected chi connectivity index (χ4v) is 3.16. The van der Waals surface area contributed by atoms with E-state index < -0.39 is 0 Å². The number of hydrogen-bond acceptors (Lipinski definition) is 0. The zero-order chi connectivity index (χ0) is 15.3. The predicted octanol–water partition coefficient (Wildman–Crippen LogP) is 7.00. The van der Waals surface area contributed by atoms with Crippen LogP contribution in [0.25, 0.3) is 0 Å². The molecular formula is C19H38. The highest BCUT2D eigenvalue weighted by Gasteiger charge is 2.38. The molecule has 0 fully saturated rings. The molecule has 0 bridgehead atoms. The van der Waals surface area contributed by atoms with Gasteiger partial charge in [-0.2, -0.15) is 0 Å². The molecule has 114 valence electrons. The number of hydrogen-bond donors (Lipinski definition) is 0. The van der Waals surface area contributed by atoms with Gasteiger partial charge in [0, 0.05) is 0 Å². The van der Waals surface area contributed by atoms with Crippen molar-refractivity contribution < 1.29 is 0 Å². The monoisotopic (exact) mass is 266 g/mol. The normalized spacial score (nSPS) is 27.6. The molecule has 0 saturated heterocycles. The predicted molar refractivity (Wildman–Crippen MR) is 89.5 cm³/mol. The molecule has 1 rings (SSSR count). The summed E-state index contributed by atoms with van der Waals surface area (Å²) in [6, 6.07) is 0. The Labute approximate surface area is 123 Å². The molecule has 0 nitrogen and oxygen atoms in total. The Bertz CT molecular complexity index is 295. The van der Waals surface area contributed by atoms with Crippen molar-refractivity contribution in [3.05, 3.63) is 11.1 Å². The third-order valence-electron chi connectivity index (χ3n) is 5.51. The highest BCUT2D eigenvalue weighted by atomic mass is 14.4. The van der Waals surface area contributed by atoms with Crippen molar-refractivity contribution in [3.8, 4) is 0 Å². The van der Waals surface area contributed by atoms with Gasteiger partial charge in [-0.3, -0.25) is 0 Å². The Morgan fingerprint density at radius 1 is 1.05 bits per heavy atom. The van der Waals surface area contributed by atoms with Crippen LogP contribution in [-0.4, -0.2) is 0 Å².